The monoisotopic (exact) mass is 491 g/mol. The van der Waals surface area contributed by atoms with Crippen LogP contribution in [0.25, 0.3) is 0 Å². The van der Waals surface area contributed by atoms with E-state index in [4.69, 9.17) is 4.74 Å². The standard InChI is InChI=1S/C28H34FN5O2/c1-6-36-25-13-24(31-14-23(25)29)18(2)34-17-28(7-8-28)26-21(16-32(4)5)11-20(12-22(26)27(34)35)15-33-10-9-30-19(33)3/h9-14,18H,6-8,15-17H2,1-5H3. The number of rotatable bonds is 8. The molecule has 1 fully saturated rings. The lowest BCUT2D eigenvalue weighted by Crippen LogP contribution is -2.45. The Morgan fingerprint density at radius 1 is 1.22 bits per heavy atom. The van der Waals surface area contributed by atoms with Gasteiger partial charge in [-0.25, -0.2) is 9.37 Å². The molecule has 7 nitrogen and oxygen atoms in total. The second kappa shape index (κ2) is 9.32. The van der Waals surface area contributed by atoms with Crippen molar-refractivity contribution in [1.29, 1.82) is 0 Å². The topological polar surface area (TPSA) is 63.5 Å². The Kier molecular flexibility index (Phi) is 6.32. The first-order chi connectivity index (χ1) is 17.2. The number of hydrogen-bond donors (Lipinski definition) is 0. The average molecular weight is 492 g/mol. The smallest absolute Gasteiger partial charge is 0.254 e. The summed E-state index contributed by atoms with van der Waals surface area (Å²) in [6, 6.07) is 5.65. The third-order valence-electron chi connectivity index (χ3n) is 7.43. The highest BCUT2D eigenvalue weighted by Crippen LogP contribution is 2.55. The van der Waals surface area contributed by atoms with Crippen molar-refractivity contribution in [3.63, 3.8) is 0 Å². The Morgan fingerprint density at radius 2 is 2.00 bits per heavy atom. The fourth-order valence-electron chi connectivity index (χ4n) is 5.48. The third-order valence-corrected chi connectivity index (χ3v) is 7.43. The molecule has 0 saturated heterocycles. The highest BCUT2D eigenvalue weighted by atomic mass is 19.1. The molecular formula is C28H34FN5O2. The number of pyridine rings is 1. The highest BCUT2D eigenvalue weighted by Gasteiger charge is 2.53. The van der Waals surface area contributed by atoms with E-state index >= 15 is 0 Å². The molecule has 190 valence electrons. The zero-order chi connectivity index (χ0) is 25.6. The number of nitrogens with zero attached hydrogens (tertiary/aromatic N) is 5. The summed E-state index contributed by atoms with van der Waals surface area (Å²) in [5, 5.41) is 0. The molecule has 1 aromatic carbocycles. The van der Waals surface area contributed by atoms with Gasteiger partial charge < -0.3 is 19.1 Å². The molecule has 1 atom stereocenters. The number of hydrogen-bond acceptors (Lipinski definition) is 5. The Bertz CT molecular complexity index is 1300. The molecule has 0 N–H and O–H groups in total. The van der Waals surface area contributed by atoms with Gasteiger partial charge in [-0.2, -0.15) is 0 Å². The molecule has 0 bridgehead atoms. The van der Waals surface area contributed by atoms with E-state index < -0.39 is 5.82 Å². The van der Waals surface area contributed by atoms with E-state index in [9.17, 15) is 9.18 Å². The van der Waals surface area contributed by atoms with Crippen LogP contribution in [0.4, 0.5) is 4.39 Å². The number of fused-ring (bicyclic) bond motifs is 2. The molecule has 5 rings (SSSR count). The number of halogens is 1. The lowest BCUT2D eigenvalue weighted by atomic mass is 9.81. The van der Waals surface area contributed by atoms with Crippen LogP contribution >= 0.6 is 0 Å². The molecule has 1 spiro atoms. The van der Waals surface area contributed by atoms with Gasteiger partial charge in [-0.05, 0) is 70.5 Å². The van der Waals surface area contributed by atoms with Gasteiger partial charge in [-0.15, -0.1) is 0 Å². The molecule has 1 aliphatic carbocycles. The predicted octanol–water partition coefficient (Wildman–Crippen LogP) is 4.48. The predicted molar refractivity (Wildman–Crippen MR) is 136 cm³/mol. The Morgan fingerprint density at radius 3 is 2.64 bits per heavy atom. The fraction of sp³-hybridized carbons (Fsp3) is 0.464. The molecule has 1 aliphatic heterocycles. The van der Waals surface area contributed by atoms with Crippen molar-refractivity contribution in [3.05, 3.63) is 76.4 Å². The van der Waals surface area contributed by atoms with Crippen LogP contribution in [0.15, 0.2) is 36.8 Å². The van der Waals surface area contributed by atoms with Crippen LogP contribution in [0.1, 0.15) is 71.3 Å². The zero-order valence-electron chi connectivity index (χ0n) is 21.7. The SMILES string of the molecule is CCOc1cc(C(C)N2CC3(CC3)c3c(CN(C)C)cc(Cn4ccnc4C)cc3C2=O)ncc1F. The largest absolute Gasteiger partial charge is 0.491 e. The van der Waals surface area contributed by atoms with Gasteiger partial charge in [0.1, 0.15) is 5.82 Å². The third kappa shape index (κ3) is 4.39. The van der Waals surface area contributed by atoms with Crippen molar-refractivity contribution in [2.75, 3.05) is 27.2 Å². The van der Waals surface area contributed by atoms with Crippen molar-refractivity contribution >= 4 is 5.91 Å². The van der Waals surface area contributed by atoms with Crippen molar-refractivity contribution < 1.29 is 13.9 Å². The summed E-state index contributed by atoms with van der Waals surface area (Å²) < 4.78 is 21.7. The summed E-state index contributed by atoms with van der Waals surface area (Å²) in [7, 11) is 4.13. The quantitative estimate of drug-likeness (QED) is 0.465. The number of benzene rings is 1. The average Bonchev–Trinajstić information content (AvgIpc) is 3.49. The second-order valence-corrected chi connectivity index (χ2v) is 10.4. The van der Waals surface area contributed by atoms with E-state index in [0.29, 0.717) is 25.4 Å². The molecule has 1 saturated carbocycles. The molecule has 1 unspecified atom stereocenters. The van der Waals surface area contributed by atoms with E-state index in [-0.39, 0.29) is 23.1 Å². The summed E-state index contributed by atoms with van der Waals surface area (Å²) >= 11 is 0. The Balaban J connectivity index is 1.56. The van der Waals surface area contributed by atoms with E-state index in [1.807, 2.05) is 31.9 Å². The van der Waals surface area contributed by atoms with Gasteiger partial charge in [0.2, 0.25) is 0 Å². The highest BCUT2D eigenvalue weighted by molar-refractivity contribution is 5.98. The summed E-state index contributed by atoms with van der Waals surface area (Å²) in [6.07, 6.45) is 7.06. The first-order valence-electron chi connectivity index (χ1n) is 12.6. The molecule has 2 aliphatic rings. The number of aromatic nitrogens is 3. The normalized spacial score (nSPS) is 17.0. The second-order valence-electron chi connectivity index (χ2n) is 10.4. The minimum atomic E-state index is -0.491. The number of amides is 1. The molecule has 3 aromatic rings. The van der Waals surface area contributed by atoms with Gasteiger partial charge in [0.15, 0.2) is 11.6 Å². The molecule has 36 heavy (non-hydrogen) atoms. The van der Waals surface area contributed by atoms with Crippen LogP contribution in [0.3, 0.4) is 0 Å². The van der Waals surface area contributed by atoms with E-state index in [1.165, 1.54) is 17.3 Å². The first kappa shape index (κ1) is 24.4. The zero-order valence-corrected chi connectivity index (χ0v) is 21.7. The van der Waals surface area contributed by atoms with Crippen molar-refractivity contribution in [1.82, 2.24) is 24.3 Å². The Hall–Kier alpha value is -3.26. The van der Waals surface area contributed by atoms with Crippen LogP contribution in [0, 0.1) is 12.7 Å². The van der Waals surface area contributed by atoms with Crippen LogP contribution in [-0.2, 0) is 18.5 Å². The minimum absolute atomic E-state index is 0.00307. The van der Waals surface area contributed by atoms with Gasteiger partial charge in [-0.1, -0.05) is 6.07 Å². The molecule has 3 heterocycles. The molecular weight excluding hydrogens is 457 g/mol. The van der Waals surface area contributed by atoms with Crippen molar-refractivity contribution in [2.24, 2.45) is 0 Å². The first-order valence-corrected chi connectivity index (χ1v) is 12.6. The number of aryl methyl sites for hydroxylation is 1. The summed E-state index contributed by atoms with van der Waals surface area (Å²) in [5.74, 6) is 0.624. The lowest BCUT2D eigenvalue weighted by Gasteiger charge is -2.40. The van der Waals surface area contributed by atoms with Gasteiger partial charge in [0.25, 0.3) is 5.91 Å². The maximum absolute atomic E-state index is 14.2. The number of carbonyl (C=O) groups is 1. The maximum atomic E-state index is 14.2. The maximum Gasteiger partial charge on any atom is 0.254 e. The lowest BCUT2D eigenvalue weighted by molar-refractivity contribution is 0.0633. The van der Waals surface area contributed by atoms with Crippen molar-refractivity contribution in [2.45, 2.75) is 58.2 Å². The minimum Gasteiger partial charge on any atom is -0.491 e. The van der Waals surface area contributed by atoms with E-state index in [0.717, 1.165) is 36.3 Å². The van der Waals surface area contributed by atoms with Gasteiger partial charge in [0.05, 0.1) is 24.5 Å². The van der Waals surface area contributed by atoms with Crippen LogP contribution in [0.2, 0.25) is 0 Å². The fourth-order valence-corrected chi connectivity index (χ4v) is 5.48. The van der Waals surface area contributed by atoms with E-state index in [2.05, 4.69) is 45.7 Å². The van der Waals surface area contributed by atoms with Crippen molar-refractivity contribution in [3.8, 4) is 5.75 Å². The molecule has 2 aromatic heterocycles. The Labute approximate surface area is 211 Å². The molecule has 8 heteroatoms. The summed E-state index contributed by atoms with van der Waals surface area (Å²) in [6.45, 7) is 8.21. The number of carbonyl (C=O) groups excluding carboxylic acids is 1. The van der Waals surface area contributed by atoms with Crippen LogP contribution in [0.5, 0.6) is 5.75 Å². The van der Waals surface area contributed by atoms with E-state index in [1.54, 1.807) is 12.3 Å². The number of ether oxygens (including phenoxy) is 1. The van der Waals surface area contributed by atoms with Crippen LogP contribution in [-0.4, -0.2) is 57.5 Å². The molecule has 0 radical (unpaired) electrons. The molecule has 1 amide bonds. The summed E-state index contributed by atoms with van der Waals surface area (Å²) in [5.41, 5.74) is 4.90. The van der Waals surface area contributed by atoms with Crippen LogP contribution < -0.4 is 4.74 Å². The number of imidazole rings is 1. The van der Waals surface area contributed by atoms with Gasteiger partial charge in [-0.3, -0.25) is 9.78 Å². The summed E-state index contributed by atoms with van der Waals surface area (Å²) in [4.78, 5) is 26.8. The van der Waals surface area contributed by atoms with Gasteiger partial charge >= 0.3 is 0 Å². The van der Waals surface area contributed by atoms with Gasteiger partial charge in [0, 0.05) is 49.1 Å².